The van der Waals surface area contributed by atoms with Gasteiger partial charge < -0.3 is 10.6 Å². The summed E-state index contributed by atoms with van der Waals surface area (Å²) in [6.07, 6.45) is 6.19. The maximum atomic E-state index is 12.2. The van der Waals surface area contributed by atoms with Crippen LogP contribution in [0.4, 0.5) is 0 Å². The molecule has 25 heavy (non-hydrogen) atoms. The summed E-state index contributed by atoms with van der Waals surface area (Å²) in [5.74, 6) is 1.69. The fourth-order valence-electron chi connectivity index (χ4n) is 4.24. The molecular weight excluding hydrogens is 314 g/mol. The Morgan fingerprint density at radius 3 is 2.56 bits per heavy atom. The molecule has 1 heterocycles. The van der Waals surface area contributed by atoms with Gasteiger partial charge in [-0.25, -0.2) is 0 Å². The lowest BCUT2D eigenvalue weighted by Crippen LogP contribution is -2.36. The number of rotatable bonds is 6. The van der Waals surface area contributed by atoms with E-state index in [0.717, 1.165) is 43.3 Å². The molecule has 5 nitrogen and oxygen atoms in total. The molecule has 3 fully saturated rings. The topological polar surface area (TPSA) is 61.4 Å². The van der Waals surface area contributed by atoms with E-state index in [4.69, 9.17) is 0 Å². The Morgan fingerprint density at radius 1 is 1.08 bits per heavy atom. The molecule has 2 atom stereocenters. The number of hydrogen-bond acceptors (Lipinski definition) is 3. The van der Waals surface area contributed by atoms with Crippen LogP contribution in [0.2, 0.25) is 0 Å². The number of hydrogen-bond donors (Lipinski definition) is 2. The summed E-state index contributed by atoms with van der Waals surface area (Å²) in [5, 5.41) is 6.00. The maximum Gasteiger partial charge on any atom is 0.251 e. The van der Waals surface area contributed by atoms with Crippen molar-refractivity contribution in [3.05, 3.63) is 35.4 Å². The minimum atomic E-state index is -0.0146. The Kier molecular flexibility index (Phi) is 4.75. The Morgan fingerprint density at radius 2 is 1.84 bits per heavy atom. The predicted molar refractivity (Wildman–Crippen MR) is 96.0 cm³/mol. The minimum Gasteiger partial charge on any atom is -0.351 e. The number of nitrogens with zero attached hydrogens (tertiary/aromatic N) is 1. The van der Waals surface area contributed by atoms with E-state index in [-0.39, 0.29) is 11.8 Å². The van der Waals surface area contributed by atoms with Crippen LogP contribution in [-0.4, -0.2) is 42.4 Å². The number of nitrogens with one attached hydrogen (secondary N) is 2. The zero-order valence-corrected chi connectivity index (χ0v) is 14.7. The van der Waals surface area contributed by atoms with Gasteiger partial charge in [-0.05, 0) is 55.2 Å². The molecule has 0 radical (unpaired) electrons. The van der Waals surface area contributed by atoms with Crippen LogP contribution < -0.4 is 10.6 Å². The van der Waals surface area contributed by atoms with E-state index in [0.29, 0.717) is 24.7 Å². The molecule has 134 valence electrons. The summed E-state index contributed by atoms with van der Waals surface area (Å²) in [7, 11) is 0. The molecule has 3 aliphatic rings. The van der Waals surface area contributed by atoms with Crippen molar-refractivity contribution in [3.8, 4) is 0 Å². The van der Waals surface area contributed by atoms with Crippen LogP contribution in [0.25, 0.3) is 0 Å². The van der Waals surface area contributed by atoms with Crippen molar-refractivity contribution in [1.82, 2.24) is 15.5 Å². The largest absolute Gasteiger partial charge is 0.351 e. The highest BCUT2D eigenvalue weighted by molar-refractivity contribution is 5.94. The fourth-order valence-corrected chi connectivity index (χ4v) is 4.24. The lowest BCUT2D eigenvalue weighted by Gasteiger charge is -2.16. The highest BCUT2D eigenvalue weighted by Gasteiger charge is 2.36. The van der Waals surface area contributed by atoms with E-state index in [2.05, 4.69) is 15.5 Å². The summed E-state index contributed by atoms with van der Waals surface area (Å²) in [6.45, 7) is 3.13. The zero-order valence-electron chi connectivity index (χ0n) is 14.7. The Labute approximate surface area is 149 Å². The predicted octanol–water partition coefficient (Wildman–Crippen LogP) is 1.93. The van der Waals surface area contributed by atoms with Gasteiger partial charge in [0.25, 0.3) is 5.91 Å². The molecule has 2 amide bonds. The molecule has 2 N–H and O–H groups in total. The second kappa shape index (κ2) is 7.16. The van der Waals surface area contributed by atoms with Gasteiger partial charge >= 0.3 is 0 Å². The molecule has 1 aromatic carbocycles. The number of carbonyl (C=O) groups excluding carboxylic acids is 2. The number of amides is 2. The number of carbonyl (C=O) groups is 2. The van der Waals surface area contributed by atoms with Gasteiger partial charge in [-0.2, -0.15) is 0 Å². The SMILES string of the molecule is O=C(CN1C[C@@H]2CCC[C@H]2C1)NCc1cccc(C(=O)NC2CC2)c1. The van der Waals surface area contributed by atoms with Crippen LogP contribution in [0.3, 0.4) is 0 Å². The minimum absolute atomic E-state index is 0.0146. The quantitative estimate of drug-likeness (QED) is 0.831. The summed E-state index contributed by atoms with van der Waals surface area (Å²) in [4.78, 5) is 26.6. The third-order valence-corrected chi connectivity index (χ3v) is 5.76. The molecular formula is C20H27N3O2. The second-order valence-electron chi connectivity index (χ2n) is 7.87. The van der Waals surface area contributed by atoms with E-state index < -0.39 is 0 Å². The normalized spacial score (nSPS) is 25.6. The van der Waals surface area contributed by atoms with E-state index in [1.165, 1.54) is 19.3 Å². The van der Waals surface area contributed by atoms with Crippen molar-refractivity contribution in [1.29, 1.82) is 0 Å². The van der Waals surface area contributed by atoms with Gasteiger partial charge in [0.1, 0.15) is 0 Å². The zero-order chi connectivity index (χ0) is 17.2. The van der Waals surface area contributed by atoms with E-state index in [9.17, 15) is 9.59 Å². The lowest BCUT2D eigenvalue weighted by molar-refractivity contribution is -0.122. The van der Waals surface area contributed by atoms with Crippen molar-refractivity contribution < 1.29 is 9.59 Å². The lowest BCUT2D eigenvalue weighted by atomic mass is 10.0. The van der Waals surface area contributed by atoms with Crippen molar-refractivity contribution in [2.45, 2.75) is 44.7 Å². The average molecular weight is 341 g/mol. The summed E-state index contributed by atoms with van der Waals surface area (Å²) in [5.41, 5.74) is 1.64. The standard InChI is InChI=1S/C20H27N3O2/c24-19(13-23-11-16-5-2-6-17(16)12-23)21-10-14-3-1-4-15(9-14)20(25)22-18-7-8-18/h1,3-4,9,16-18H,2,5-8,10-13H2,(H,21,24)(H,22,25)/t16-,17-/m0/s1. The smallest absolute Gasteiger partial charge is 0.251 e. The van der Waals surface area contributed by atoms with Gasteiger partial charge in [-0.1, -0.05) is 18.6 Å². The van der Waals surface area contributed by atoms with Gasteiger partial charge in [-0.15, -0.1) is 0 Å². The molecule has 1 saturated heterocycles. The van der Waals surface area contributed by atoms with Crippen LogP contribution in [0, 0.1) is 11.8 Å². The van der Waals surface area contributed by atoms with Crippen molar-refractivity contribution in [2.75, 3.05) is 19.6 Å². The van der Waals surface area contributed by atoms with E-state index in [1.54, 1.807) is 0 Å². The monoisotopic (exact) mass is 341 g/mol. The van der Waals surface area contributed by atoms with Crippen LogP contribution in [-0.2, 0) is 11.3 Å². The Balaban J connectivity index is 1.25. The molecule has 2 saturated carbocycles. The Hall–Kier alpha value is -1.88. The number of likely N-dealkylation sites (tertiary alicyclic amines) is 1. The van der Waals surface area contributed by atoms with Crippen LogP contribution in [0.1, 0.15) is 48.0 Å². The van der Waals surface area contributed by atoms with Gasteiger partial charge in [0.05, 0.1) is 6.54 Å². The first-order valence-corrected chi connectivity index (χ1v) is 9.56. The van der Waals surface area contributed by atoms with Crippen molar-refractivity contribution in [2.24, 2.45) is 11.8 Å². The highest BCUT2D eigenvalue weighted by Crippen LogP contribution is 2.37. The molecule has 0 bridgehead atoms. The van der Waals surface area contributed by atoms with Crippen molar-refractivity contribution in [3.63, 3.8) is 0 Å². The first-order valence-electron chi connectivity index (χ1n) is 9.56. The van der Waals surface area contributed by atoms with Gasteiger partial charge in [-0.3, -0.25) is 14.5 Å². The van der Waals surface area contributed by atoms with Crippen LogP contribution in [0.15, 0.2) is 24.3 Å². The average Bonchev–Trinajstić information content (AvgIpc) is 3.17. The van der Waals surface area contributed by atoms with Gasteiger partial charge in [0, 0.05) is 31.2 Å². The molecule has 1 aliphatic heterocycles. The summed E-state index contributed by atoms with van der Waals surface area (Å²) >= 11 is 0. The molecule has 1 aromatic rings. The molecule has 4 rings (SSSR count). The molecule has 2 aliphatic carbocycles. The first-order chi connectivity index (χ1) is 12.2. The highest BCUT2D eigenvalue weighted by atomic mass is 16.2. The first kappa shape index (κ1) is 16.6. The summed E-state index contributed by atoms with van der Waals surface area (Å²) < 4.78 is 0. The third-order valence-electron chi connectivity index (χ3n) is 5.76. The second-order valence-corrected chi connectivity index (χ2v) is 7.87. The third kappa shape index (κ3) is 4.21. The summed E-state index contributed by atoms with van der Waals surface area (Å²) in [6, 6.07) is 7.89. The van der Waals surface area contributed by atoms with Gasteiger partial charge in [0.15, 0.2) is 0 Å². The molecule has 0 spiro atoms. The maximum absolute atomic E-state index is 12.2. The molecule has 0 unspecified atom stereocenters. The molecule has 5 heteroatoms. The van der Waals surface area contributed by atoms with Gasteiger partial charge in [0.2, 0.25) is 5.91 Å². The number of benzene rings is 1. The van der Waals surface area contributed by atoms with Crippen molar-refractivity contribution >= 4 is 11.8 Å². The molecule has 0 aromatic heterocycles. The van der Waals surface area contributed by atoms with Crippen LogP contribution in [0.5, 0.6) is 0 Å². The van der Waals surface area contributed by atoms with E-state index >= 15 is 0 Å². The van der Waals surface area contributed by atoms with Crippen LogP contribution >= 0.6 is 0 Å². The fraction of sp³-hybridized carbons (Fsp3) is 0.600. The Bertz CT molecular complexity index is 644. The van der Waals surface area contributed by atoms with E-state index in [1.807, 2.05) is 24.3 Å². The number of fused-ring (bicyclic) bond motifs is 1.